The van der Waals surface area contributed by atoms with Crippen molar-refractivity contribution in [2.75, 3.05) is 31.6 Å². The topological polar surface area (TPSA) is 32.5 Å². The number of rotatable bonds is 2. The number of anilines is 1. The monoisotopic (exact) mass is 247 g/mol. The number of nitrogens with zero attached hydrogens (tertiary/aromatic N) is 2. The molecule has 1 aromatic carbocycles. The summed E-state index contributed by atoms with van der Waals surface area (Å²) >= 11 is 0. The van der Waals surface area contributed by atoms with Crippen molar-refractivity contribution >= 4 is 5.69 Å². The van der Waals surface area contributed by atoms with Crippen molar-refractivity contribution < 1.29 is 0 Å². The second kappa shape index (κ2) is 5.72. The van der Waals surface area contributed by atoms with Gasteiger partial charge in [0.05, 0.1) is 0 Å². The summed E-state index contributed by atoms with van der Waals surface area (Å²) in [5.41, 5.74) is 9.63. The van der Waals surface area contributed by atoms with Crippen molar-refractivity contribution in [2.24, 2.45) is 5.73 Å². The van der Waals surface area contributed by atoms with Crippen LogP contribution in [0.15, 0.2) is 18.2 Å². The number of hydrogen-bond donors (Lipinski definition) is 1. The lowest BCUT2D eigenvalue weighted by molar-refractivity contribution is 0.337. The highest BCUT2D eigenvalue weighted by atomic mass is 15.2. The molecule has 18 heavy (non-hydrogen) atoms. The Kier molecular flexibility index (Phi) is 4.25. The fraction of sp³-hybridized carbons (Fsp3) is 0.600. The van der Waals surface area contributed by atoms with E-state index in [2.05, 4.69) is 48.9 Å². The second-order valence-electron chi connectivity index (χ2n) is 5.48. The summed E-state index contributed by atoms with van der Waals surface area (Å²) in [6.07, 6.45) is 1.24. The van der Waals surface area contributed by atoms with Gasteiger partial charge in [-0.15, -0.1) is 0 Å². The predicted molar refractivity (Wildman–Crippen MR) is 78.0 cm³/mol. The maximum absolute atomic E-state index is 5.70. The third-order valence-corrected chi connectivity index (χ3v) is 3.85. The summed E-state index contributed by atoms with van der Waals surface area (Å²) in [5.74, 6) is 0. The summed E-state index contributed by atoms with van der Waals surface area (Å²) in [6, 6.07) is 7.18. The van der Waals surface area contributed by atoms with Gasteiger partial charge in [-0.25, -0.2) is 0 Å². The lowest BCUT2D eigenvalue weighted by Crippen LogP contribution is -2.38. The molecule has 1 aliphatic rings. The molecule has 1 unspecified atom stereocenters. The molecule has 1 aliphatic heterocycles. The Balaban J connectivity index is 2.24. The lowest BCUT2D eigenvalue weighted by atomic mass is 10.1. The van der Waals surface area contributed by atoms with Gasteiger partial charge in [0.1, 0.15) is 0 Å². The van der Waals surface area contributed by atoms with Gasteiger partial charge in [0.15, 0.2) is 0 Å². The minimum atomic E-state index is 0.569. The van der Waals surface area contributed by atoms with Crippen molar-refractivity contribution in [3.8, 4) is 0 Å². The fourth-order valence-corrected chi connectivity index (χ4v) is 2.90. The molecule has 0 amide bonds. The first-order valence-corrected chi connectivity index (χ1v) is 6.86. The van der Waals surface area contributed by atoms with Crippen LogP contribution in [0.4, 0.5) is 5.69 Å². The smallest absolute Gasteiger partial charge is 0.0398 e. The maximum atomic E-state index is 5.70. The Morgan fingerprint density at radius 3 is 2.78 bits per heavy atom. The average molecular weight is 247 g/mol. The van der Waals surface area contributed by atoms with Crippen molar-refractivity contribution in [2.45, 2.75) is 32.9 Å². The molecule has 100 valence electrons. The van der Waals surface area contributed by atoms with E-state index in [4.69, 9.17) is 5.73 Å². The fourth-order valence-electron chi connectivity index (χ4n) is 2.90. The van der Waals surface area contributed by atoms with Gasteiger partial charge in [0.2, 0.25) is 0 Å². The first-order valence-electron chi connectivity index (χ1n) is 6.86. The molecule has 1 heterocycles. The molecule has 3 heteroatoms. The van der Waals surface area contributed by atoms with Gasteiger partial charge in [-0.3, -0.25) is 0 Å². The summed E-state index contributed by atoms with van der Waals surface area (Å²) in [7, 11) is 2.21. The van der Waals surface area contributed by atoms with E-state index < -0.39 is 0 Å². The van der Waals surface area contributed by atoms with E-state index >= 15 is 0 Å². The van der Waals surface area contributed by atoms with Crippen LogP contribution in [-0.4, -0.2) is 37.6 Å². The predicted octanol–water partition coefficient (Wildman–Crippen LogP) is 1.98. The molecule has 2 rings (SSSR count). The van der Waals surface area contributed by atoms with Gasteiger partial charge in [0, 0.05) is 31.4 Å². The number of nitrogens with two attached hydrogens (primary N) is 1. The molecular formula is C15H25N3. The molecule has 3 nitrogen and oxygen atoms in total. The second-order valence-corrected chi connectivity index (χ2v) is 5.48. The van der Waals surface area contributed by atoms with Crippen molar-refractivity contribution in [3.05, 3.63) is 29.3 Å². The van der Waals surface area contributed by atoms with Crippen LogP contribution in [-0.2, 0) is 6.54 Å². The largest absolute Gasteiger partial charge is 0.367 e. The number of benzene rings is 1. The zero-order valence-electron chi connectivity index (χ0n) is 11.8. The Morgan fingerprint density at radius 1 is 1.33 bits per heavy atom. The van der Waals surface area contributed by atoms with Crippen LogP contribution in [0.3, 0.4) is 0 Å². The molecule has 1 atom stereocenters. The third kappa shape index (κ3) is 2.85. The van der Waals surface area contributed by atoms with E-state index in [1.54, 1.807) is 0 Å². The van der Waals surface area contributed by atoms with Crippen molar-refractivity contribution in [3.63, 3.8) is 0 Å². The first-order chi connectivity index (χ1) is 8.61. The highest BCUT2D eigenvalue weighted by Crippen LogP contribution is 2.25. The van der Waals surface area contributed by atoms with Crippen LogP contribution >= 0.6 is 0 Å². The molecule has 0 radical (unpaired) electrons. The SMILES string of the molecule is Cc1cc(CN)ccc1N1CCCN(C)CC1C. The average Bonchev–Trinajstić information content (AvgIpc) is 2.50. The molecule has 1 aromatic rings. The molecule has 0 aromatic heterocycles. The van der Waals surface area contributed by atoms with E-state index in [0.29, 0.717) is 12.6 Å². The first kappa shape index (κ1) is 13.4. The van der Waals surface area contributed by atoms with Crippen LogP contribution in [0.1, 0.15) is 24.5 Å². The summed E-state index contributed by atoms with van der Waals surface area (Å²) in [4.78, 5) is 4.97. The van der Waals surface area contributed by atoms with Gasteiger partial charge >= 0.3 is 0 Å². The van der Waals surface area contributed by atoms with E-state index in [0.717, 1.165) is 13.1 Å². The molecule has 0 bridgehead atoms. The number of hydrogen-bond acceptors (Lipinski definition) is 3. The van der Waals surface area contributed by atoms with Gasteiger partial charge in [-0.2, -0.15) is 0 Å². The Labute approximate surface area is 111 Å². The van der Waals surface area contributed by atoms with E-state index in [1.165, 1.54) is 29.8 Å². The van der Waals surface area contributed by atoms with Crippen LogP contribution < -0.4 is 10.6 Å². The van der Waals surface area contributed by atoms with Crippen LogP contribution in [0.25, 0.3) is 0 Å². The minimum Gasteiger partial charge on any atom is -0.367 e. The number of aryl methyl sites for hydroxylation is 1. The Hall–Kier alpha value is -1.06. The van der Waals surface area contributed by atoms with Crippen LogP contribution in [0.2, 0.25) is 0 Å². The lowest BCUT2D eigenvalue weighted by Gasteiger charge is -2.31. The van der Waals surface area contributed by atoms with Gasteiger partial charge in [-0.1, -0.05) is 12.1 Å². The van der Waals surface area contributed by atoms with E-state index in [-0.39, 0.29) is 0 Å². The van der Waals surface area contributed by atoms with Gasteiger partial charge < -0.3 is 15.5 Å². The minimum absolute atomic E-state index is 0.569. The highest BCUT2D eigenvalue weighted by molar-refractivity contribution is 5.55. The molecule has 1 fully saturated rings. The quantitative estimate of drug-likeness (QED) is 0.867. The maximum Gasteiger partial charge on any atom is 0.0398 e. The Bertz CT molecular complexity index is 403. The van der Waals surface area contributed by atoms with Crippen LogP contribution in [0.5, 0.6) is 0 Å². The molecule has 0 aliphatic carbocycles. The third-order valence-electron chi connectivity index (χ3n) is 3.85. The highest BCUT2D eigenvalue weighted by Gasteiger charge is 2.20. The standard InChI is InChI=1S/C15H25N3/c1-12-9-14(10-16)5-6-15(12)18-8-4-7-17(3)11-13(18)2/h5-6,9,13H,4,7-8,10-11,16H2,1-3H3. The van der Waals surface area contributed by atoms with E-state index in [9.17, 15) is 0 Å². The van der Waals surface area contributed by atoms with Crippen molar-refractivity contribution in [1.29, 1.82) is 0 Å². The van der Waals surface area contributed by atoms with E-state index in [1.807, 2.05) is 0 Å². The summed E-state index contributed by atoms with van der Waals surface area (Å²) < 4.78 is 0. The Morgan fingerprint density at radius 2 is 2.11 bits per heavy atom. The summed E-state index contributed by atoms with van der Waals surface area (Å²) in [6.45, 7) is 8.61. The molecule has 0 saturated carbocycles. The van der Waals surface area contributed by atoms with Gasteiger partial charge in [-0.05, 0) is 51.1 Å². The molecule has 1 saturated heterocycles. The number of likely N-dealkylation sites (N-methyl/N-ethyl adjacent to an activating group) is 1. The molecule has 2 N–H and O–H groups in total. The molecular weight excluding hydrogens is 222 g/mol. The molecule has 0 spiro atoms. The van der Waals surface area contributed by atoms with Gasteiger partial charge in [0.25, 0.3) is 0 Å². The van der Waals surface area contributed by atoms with Crippen molar-refractivity contribution in [1.82, 2.24) is 4.90 Å². The summed E-state index contributed by atoms with van der Waals surface area (Å²) in [5, 5.41) is 0. The normalized spacial score (nSPS) is 22.0. The zero-order valence-corrected chi connectivity index (χ0v) is 11.8. The zero-order chi connectivity index (χ0) is 13.1. The van der Waals surface area contributed by atoms with Crippen LogP contribution in [0, 0.1) is 6.92 Å².